The molecule has 0 aromatic rings. The lowest BCUT2D eigenvalue weighted by Gasteiger charge is -2.67. The first-order valence-corrected chi connectivity index (χ1v) is 12.7. The summed E-state index contributed by atoms with van der Waals surface area (Å²) < 4.78 is 17.3. The van der Waals surface area contributed by atoms with E-state index in [1.807, 2.05) is 0 Å². The van der Waals surface area contributed by atoms with Crippen molar-refractivity contribution in [2.45, 2.75) is 98.4 Å². The molecule has 0 radical (unpaired) electrons. The lowest BCUT2D eigenvalue weighted by Crippen LogP contribution is -2.62. The number of ether oxygens (including phenoxy) is 3. The van der Waals surface area contributed by atoms with Crippen LogP contribution in [0.1, 0.15) is 86.0 Å². The van der Waals surface area contributed by atoms with E-state index in [1.165, 1.54) is 45.4 Å². The molecule has 32 heavy (non-hydrogen) atoms. The molecule has 2 unspecified atom stereocenters. The molecular formula is C27H40O5. The summed E-state index contributed by atoms with van der Waals surface area (Å²) in [6.45, 7) is 11.9. The first-order valence-electron chi connectivity index (χ1n) is 12.7. The number of cyclic esters (lactones) is 1. The Kier molecular flexibility index (Phi) is 5.31. The van der Waals surface area contributed by atoms with Crippen LogP contribution in [0.2, 0.25) is 0 Å². The summed E-state index contributed by atoms with van der Waals surface area (Å²) >= 11 is 0. The Morgan fingerprint density at radius 3 is 2.50 bits per heavy atom. The first kappa shape index (κ1) is 22.4. The zero-order valence-corrected chi connectivity index (χ0v) is 20.4. The van der Waals surface area contributed by atoms with Gasteiger partial charge in [-0.3, -0.25) is 4.79 Å². The molecule has 5 aliphatic rings. The Morgan fingerprint density at radius 1 is 1.03 bits per heavy atom. The predicted octanol–water partition coefficient (Wildman–Crippen LogP) is 5.42. The van der Waals surface area contributed by atoms with Crippen LogP contribution < -0.4 is 0 Å². The van der Waals surface area contributed by atoms with E-state index in [-0.39, 0.29) is 29.4 Å². The molecule has 178 valence electrons. The van der Waals surface area contributed by atoms with Crippen molar-refractivity contribution in [2.75, 3.05) is 6.61 Å². The maximum absolute atomic E-state index is 11.9. The molecule has 0 amide bonds. The van der Waals surface area contributed by atoms with Crippen molar-refractivity contribution in [2.24, 2.45) is 39.9 Å². The molecule has 0 aromatic carbocycles. The van der Waals surface area contributed by atoms with Gasteiger partial charge in [0.05, 0.1) is 6.10 Å². The molecule has 4 fully saturated rings. The molecule has 0 bridgehead atoms. The zero-order chi connectivity index (χ0) is 22.9. The summed E-state index contributed by atoms with van der Waals surface area (Å²) in [7, 11) is 0. The maximum Gasteiger partial charge on any atom is 0.331 e. The van der Waals surface area contributed by atoms with Gasteiger partial charge in [-0.15, -0.1) is 0 Å². The minimum atomic E-state index is -0.529. The van der Waals surface area contributed by atoms with Gasteiger partial charge in [0, 0.05) is 24.5 Å². The van der Waals surface area contributed by atoms with Crippen molar-refractivity contribution >= 4 is 11.9 Å². The second-order valence-electron chi connectivity index (χ2n) is 12.5. The van der Waals surface area contributed by atoms with Crippen molar-refractivity contribution in [1.82, 2.24) is 0 Å². The highest BCUT2D eigenvalue weighted by Crippen LogP contribution is 2.70. The monoisotopic (exact) mass is 444 g/mol. The zero-order valence-electron chi connectivity index (χ0n) is 20.4. The summed E-state index contributed by atoms with van der Waals surface area (Å²) in [6.07, 6.45) is 10.5. The lowest BCUT2D eigenvalue weighted by atomic mass is 9.38. The van der Waals surface area contributed by atoms with Crippen molar-refractivity contribution in [3.8, 4) is 0 Å². The highest BCUT2D eigenvalue weighted by atomic mass is 16.7. The summed E-state index contributed by atoms with van der Waals surface area (Å²) in [4.78, 5) is 23.7. The van der Waals surface area contributed by atoms with E-state index in [9.17, 15) is 9.59 Å². The van der Waals surface area contributed by atoms with Crippen LogP contribution in [-0.4, -0.2) is 30.9 Å². The predicted molar refractivity (Wildman–Crippen MR) is 120 cm³/mol. The molecule has 0 spiro atoms. The highest BCUT2D eigenvalue weighted by Gasteiger charge is 2.64. The smallest absolute Gasteiger partial charge is 0.331 e. The van der Waals surface area contributed by atoms with Crippen molar-refractivity contribution in [3.63, 3.8) is 0 Å². The molecular weight excluding hydrogens is 404 g/mol. The normalized spacial score (nSPS) is 47.4. The maximum atomic E-state index is 11.9. The van der Waals surface area contributed by atoms with E-state index < -0.39 is 6.29 Å². The van der Waals surface area contributed by atoms with Crippen molar-refractivity contribution in [1.29, 1.82) is 0 Å². The van der Waals surface area contributed by atoms with Gasteiger partial charge in [0.25, 0.3) is 0 Å². The van der Waals surface area contributed by atoms with E-state index in [0.29, 0.717) is 29.3 Å². The van der Waals surface area contributed by atoms with Gasteiger partial charge in [-0.1, -0.05) is 34.1 Å². The van der Waals surface area contributed by atoms with Gasteiger partial charge in [-0.25, -0.2) is 4.79 Å². The molecule has 2 aliphatic heterocycles. The molecule has 0 aromatic heterocycles. The third-order valence-electron chi connectivity index (χ3n) is 10.5. The number of carbonyl (C=O) groups excluding carboxylic acids is 2. The molecule has 0 N–H and O–H groups in total. The van der Waals surface area contributed by atoms with E-state index >= 15 is 0 Å². The van der Waals surface area contributed by atoms with Gasteiger partial charge in [0.2, 0.25) is 6.29 Å². The molecule has 5 heteroatoms. The fourth-order valence-corrected chi connectivity index (χ4v) is 9.25. The number of hydrogen-bond donors (Lipinski definition) is 0. The first-order chi connectivity index (χ1) is 15.0. The molecule has 3 aliphatic carbocycles. The third kappa shape index (κ3) is 3.36. The summed E-state index contributed by atoms with van der Waals surface area (Å²) in [5.74, 6) is 1.53. The van der Waals surface area contributed by atoms with Gasteiger partial charge >= 0.3 is 11.9 Å². The van der Waals surface area contributed by atoms with Crippen LogP contribution in [0, 0.1) is 39.9 Å². The van der Waals surface area contributed by atoms with Crippen molar-refractivity contribution < 1.29 is 23.8 Å². The van der Waals surface area contributed by atoms with Crippen LogP contribution in [0.15, 0.2) is 11.6 Å². The Morgan fingerprint density at radius 2 is 1.81 bits per heavy atom. The summed E-state index contributed by atoms with van der Waals surface area (Å²) in [6, 6.07) is 0. The fourth-order valence-electron chi connectivity index (χ4n) is 9.25. The van der Waals surface area contributed by atoms with Crippen LogP contribution in [0.4, 0.5) is 0 Å². The fraction of sp³-hybridized carbons (Fsp3) is 0.852. The molecule has 1 saturated heterocycles. The SMILES string of the molecule is CC(=O)O[C@@H]1O[C@@H](C2=CC(=O)OC2)C[C@@H]2[C@@H]1CCC1[C@@]3(C)CCCC(C)(C)C3CC[C@]12C. The number of rotatable bonds is 2. The van der Waals surface area contributed by atoms with Crippen LogP contribution >= 0.6 is 0 Å². The lowest BCUT2D eigenvalue weighted by molar-refractivity contribution is -0.268. The second kappa shape index (κ2) is 7.58. The molecule has 2 heterocycles. The van der Waals surface area contributed by atoms with Gasteiger partial charge in [-0.2, -0.15) is 0 Å². The Labute approximate surface area is 192 Å². The average Bonchev–Trinajstić information content (AvgIpc) is 3.13. The van der Waals surface area contributed by atoms with Gasteiger partial charge in [0.15, 0.2) is 0 Å². The van der Waals surface area contributed by atoms with Crippen LogP contribution in [-0.2, 0) is 23.8 Å². The van der Waals surface area contributed by atoms with E-state index in [1.54, 1.807) is 6.08 Å². The minimum absolute atomic E-state index is 0.200. The molecule has 5 nitrogen and oxygen atoms in total. The standard InChI is InChI=1S/C27H40O5/c1-16(28)31-24-18-7-8-22-26(4,12-9-21-25(2,3)10-6-11-27(21,22)5)19(18)14-20(32-24)17-13-23(29)30-15-17/h13,18-22,24H,6-12,14-15H2,1-5H3/t18-,19+,20+,21?,22?,24+,26-,27-/m0/s1. The topological polar surface area (TPSA) is 61.8 Å². The third-order valence-corrected chi connectivity index (χ3v) is 10.5. The highest BCUT2D eigenvalue weighted by molar-refractivity contribution is 5.85. The quantitative estimate of drug-likeness (QED) is 0.532. The van der Waals surface area contributed by atoms with E-state index in [2.05, 4.69) is 27.7 Å². The Bertz CT molecular complexity index is 830. The number of fused-ring (bicyclic) bond motifs is 5. The second-order valence-corrected chi connectivity index (χ2v) is 12.5. The summed E-state index contributed by atoms with van der Waals surface area (Å²) in [5, 5.41) is 0. The number of hydrogen-bond acceptors (Lipinski definition) is 5. The van der Waals surface area contributed by atoms with Gasteiger partial charge in [-0.05, 0) is 78.9 Å². The average molecular weight is 445 g/mol. The van der Waals surface area contributed by atoms with Crippen molar-refractivity contribution in [3.05, 3.63) is 11.6 Å². The molecule has 3 saturated carbocycles. The Hall–Kier alpha value is -1.36. The van der Waals surface area contributed by atoms with Crippen LogP contribution in [0.5, 0.6) is 0 Å². The summed E-state index contributed by atoms with van der Waals surface area (Å²) in [5.41, 5.74) is 1.88. The number of esters is 2. The van der Waals surface area contributed by atoms with E-state index in [4.69, 9.17) is 14.2 Å². The van der Waals surface area contributed by atoms with Gasteiger partial charge in [0.1, 0.15) is 6.61 Å². The van der Waals surface area contributed by atoms with Gasteiger partial charge < -0.3 is 14.2 Å². The minimum Gasteiger partial charge on any atom is -0.458 e. The molecule has 8 atom stereocenters. The number of carbonyl (C=O) groups is 2. The molecule has 5 rings (SSSR count). The van der Waals surface area contributed by atoms with E-state index in [0.717, 1.165) is 24.3 Å². The largest absolute Gasteiger partial charge is 0.458 e. The Balaban J connectivity index is 1.49. The van der Waals surface area contributed by atoms with Crippen LogP contribution in [0.3, 0.4) is 0 Å². The van der Waals surface area contributed by atoms with Crippen LogP contribution in [0.25, 0.3) is 0 Å².